The van der Waals surface area contributed by atoms with Crippen LogP contribution in [0.15, 0.2) is 41.1 Å². The zero-order valence-corrected chi connectivity index (χ0v) is 14.7. The maximum absolute atomic E-state index is 6.48. The first kappa shape index (κ1) is 15.0. The number of methoxy groups -OCH3 is 1. The Morgan fingerprint density at radius 2 is 2.22 bits per heavy atom. The van der Waals surface area contributed by atoms with Gasteiger partial charge >= 0.3 is 0 Å². The minimum Gasteiger partial charge on any atom is -0.377 e. The topological polar surface area (TPSA) is 35.0 Å². The lowest BCUT2D eigenvalue weighted by molar-refractivity contribution is 0.143. The van der Waals surface area contributed by atoms with Gasteiger partial charge in [0.1, 0.15) is 9.98 Å². The molecule has 0 saturated carbocycles. The van der Waals surface area contributed by atoms with Gasteiger partial charge in [-0.2, -0.15) is 0 Å². The van der Waals surface area contributed by atoms with Gasteiger partial charge in [0.2, 0.25) is 0 Å². The van der Waals surface area contributed by atoms with Crippen LogP contribution in [0.25, 0.3) is 26.5 Å². The summed E-state index contributed by atoms with van der Waals surface area (Å²) < 4.78 is 5.35. The highest BCUT2D eigenvalue weighted by atomic mass is 35.5. The fraction of sp³-hybridized carbons (Fsp3) is 0.176. The fourth-order valence-corrected chi connectivity index (χ4v) is 4.54. The average Bonchev–Trinajstić information content (AvgIpc) is 3.24. The molecule has 0 amide bonds. The second kappa shape index (κ2) is 6.17. The Kier molecular flexibility index (Phi) is 4.03. The Balaban J connectivity index is 1.79. The van der Waals surface area contributed by atoms with Crippen molar-refractivity contribution in [2.24, 2.45) is 0 Å². The van der Waals surface area contributed by atoms with Gasteiger partial charge < -0.3 is 4.74 Å². The summed E-state index contributed by atoms with van der Waals surface area (Å²) in [4.78, 5) is 11.1. The quantitative estimate of drug-likeness (QED) is 0.584. The molecule has 116 valence electrons. The number of thiophene rings is 2. The molecule has 3 aromatic rings. The zero-order chi connectivity index (χ0) is 15.8. The Morgan fingerprint density at radius 3 is 2.91 bits per heavy atom. The summed E-state index contributed by atoms with van der Waals surface area (Å²) in [5, 5.41) is 5.56. The summed E-state index contributed by atoms with van der Waals surface area (Å²) in [6, 6.07) is 4.00. The van der Waals surface area contributed by atoms with Crippen molar-refractivity contribution in [3.63, 3.8) is 0 Å². The average molecular weight is 361 g/mol. The first-order valence-corrected chi connectivity index (χ1v) is 9.30. The zero-order valence-electron chi connectivity index (χ0n) is 12.3. The number of hydrogen-bond donors (Lipinski definition) is 0. The highest BCUT2D eigenvalue weighted by molar-refractivity contribution is 7.17. The molecule has 0 spiro atoms. The van der Waals surface area contributed by atoms with E-state index in [9.17, 15) is 0 Å². The Bertz CT molecular complexity index is 912. The summed E-state index contributed by atoms with van der Waals surface area (Å²) in [6.45, 7) is 0. The van der Waals surface area contributed by atoms with Crippen molar-refractivity contribution in [1.29, 1.82) is 0 Å². The number of rotatable bonds is 3. The second-order valence-corrected chi connectivity index (χ2v) is 7.34. The Morgan fingerprint density at radius 1 is 1.30 bits per heavy atom. The van der Waals surface area contributed by atoms with Crippen molar-refractivity contribution in [3.05, 3.63) is 51.8 Å². The van der Waals surface area contributed by atoms with E-state index in [2.05, 4.69) is 33.6 Å². The van der Waals surface area contributed by atoms with Gasteiger partial charge in [-0.1, -0.05) is 35.9 Å². The summed E-state index contributed by atoms with van der Waals surface area (Å²) in [5.74, 6) is 0.693. The van der Waals surface area contributed by atoms with Crippen LogP contribution in [0.1, 0.15) is 12.0 Å². The smallest absolute Gasteiger partial charge is 0.172 e. The normalized spacial score (nSPS) is 17.7. The molecular weight excluding hydrogens is 348 g/mol. The molecule has 0 aromatic carbocycles. The van der Waals surface area contributed by atoms with E-state index in [-0.39, 0.29) is 6.10 Å². The van der Waals surface area contributed by atoms with E-state index < -0.39 is 0 Å². The molecule has 4 rings (SSSR count). The molecule has 1 aliphatic carbocycles. The minimum absolute atomic E-state index is 0.154. The van der Waals surface area contributed by atoms with Gasteiger partial charge in [-0.3, -0.25) is 0 Å². The number of aromatic nitrogens is 2. The summed E-state index contributed by atoms with van der Waals surface area (Å²) in [6.07, 6.45) is 7.36. The van der Waals surface area contributed by atoms with Gasteiger partial charge in [0, 0.05) is 18.1 Å². The van der Waals surface area contributed by atoms with E-state index in [0.29, 0.717) is 11.0 Å². The van der Waals surface area contributed by atoms with E-state index in [4.69, 9.17) is 16.3 Å². The summed E-state index contributed by atoms with van der Waals surface area (Å²) in [5.41, 5.74) is 2.25. The molecule has 0 saturated heterocycles. The van der Waals surface area contributed by atoms with Crippen LogP contribution < -0.4 is 0 Å². The molecule has 0 unspecified atom stereocenters. The van der Waals surface area contributed by atoms with Gasteiger partial charge in [0.25, 0.3) is 0 Å². The predicted molar refractivity (Wildman–Crippen MR) is 98.3 cm³/mol. The predicted octanol–water partition coefficient (Wildman–Crippen LogP) is 5.43. The largest absolute Gasteiger partial charge is 0.377 e. The molecule has 3 heterocycles. The lowest BCUT2D eigenvalue weighted by atomic mass is 9.99. The molecule has 1 aliphatic rings. The Labute approximate surface area is 146 Å². The standard InChI is InChI=1S/C17H13ClN2OS2/c1-21-11-6-4-10(5-7-11)12-9-23-17-14(12)15(18)19-16(20-17)13-3-2-8-22-13/h2-6,8-9,11H,7H2,1H3/t11-/m1/s1. The van der Waals surface area contributed by atoms with E-state index >= 15 is 0 Å². The van der Waals surface area contributed by atoms with Crippen LogP contribution in [0.2, 0.25) is 5.15 Å². The molecule has 0 radical (unpaired) electrons. The summed E-state index contributed by atoms with van der Waals surface area (Å²) in [7, 11) is 1.73. The van der Waals surface area contributed by atoms with Crippen molar-refractivity contribution < 1.29 is 4.74 Å². The molecule has 0 bridgehead atoms. The van der Waals surface area contributed by atoms with Crippen LogP contribution in [-0.2, 0) is 4.74 Å². The maximum Gasteiger partial charge on any atom is 0.172 e. The van der Waals surface area contributed by atoms with Gasteiger partial charge in [-0.05, 0) is 23.4 Å². The SMILES string of the molecule is CO[C@@H]1C=CC(c2csc3nc(-c4cccs4)nc(Cl)c23)=CC1. The lowest BCUT2D eigenvalue weighted by Crippen LogP contribution is -2.07. The van der Waals surface area contributed by atoms with Crippen LogP contribution in [0.5, 0.6) is 0 Å². The lowest BCUT2D eigenvalue weighted by Gasteiger charge is -2.14. The molecule has 23 heavy (non-hydrogen) atoms. The third-order valence-electron chi connectivity index (χ3n) is 3.81. The monoisotopic (exact) mass is 360 g/mol. The van der Waals surface area contributed by atoms with Crippen LogP contribution in [0, 0.1) is 0 Å². The van der Waals surface area contributed by atoms with Crippen molar-refractivity contribution in [1.82, 2.24) is 9.97 Å². The van der Waals surface area contributed by atoms with Gasteiger partial charge in [-0.15, -0.1) is 22.7 Å². The van der Waals surface area contributed by atoms with E-state index in [1.165, 1.54) is 0 Å². The number of nitrogens with zero attached hydrogens (tertiary/aromatic N) is 2. The highest BCUT2D eigenvalue weighted by Gasteiger charge is 2.17. The van der Waals surface area contributed by atoms with Crippen LogP contribution in [0.4, 0.5) is 0 Å². The molecule has 0 fully saturated rings. The first-order chi connectivity index (χ1) is 11.3. The molecule has 3 aromatic heterocycles. The number of hydrogen-bond acceptors (Lipinski definition) is 5. The van der Waals surface area contributed by atoms with Gasteiger partial charge in [0.15, 0.2) is 5.82 Å². The van der Waals surface area contributed by atoms with Crippen molar-refractivity contribution in [2.75, 3.05) is 7.11 Å². The minimum atomic E-state index is 0.154. The van der Waals surface area contributed by atoms with Crippen molar-refractivity contribution >= 4 is 50.1 Å². The van der Waals surface area contributed by atoms with Gasteiger partial charge in [-0.25, -0.2) is 9.97 Å². The maximum atomic E-state index is 6.48. The van der Waals surface area contributed by atoms with E-state index in [1.54, 1.807) is 29.8 Å². The van der Waals surface area contributed by atoms with Crippen LogP contribution in [-0.4, -0.2) is 23.2 Å². The number of allylic oxidation sites excluding steroid dienone is 2. The third-order valence-corrected chi connectivity index (χ3v) is 5.82. The van der Waals surface area contributed by atoms with Crippen LogP contribution in [0.3, 0.4) is 0 Å². The second-order valence-electron chi connectivity index (χ2n) is 5.17. The Hall–Kier alpha value is -1.53. The number of fused-ring (bicyclic) bond motifs is 1. The summed E-state index contributed by atoms with van der Waals surface area (Å²) >= 11 is 9.70. The van der Waals surface area contributed by atoms with E-state index in [0.717, 1.165) is 32.7 Å². The molecule has 3 nitrogen and oxygen atoms in total. The van der Waals surface area contributed by atoms with Crippen LogP contribution >= 0.6 is 34.3 Å². The number of ether oxygens (including phenoxy) is 1. The van der Waals surface area contributed by atoms with Gasteiger partial charge in [0.05, 0.1) is 16.4 Å². The highest BCUT2D eigenvalue weighted by Crippen LogP contribution is 2.37. The number of halogens is 1. The van der Waals surface area contributed by atoms with E-state index in [1.807, 2.05) is 17.5 Å². The molecule has 0 N–H and O–H groups in total. The molecule has 6 heteroatoms. The first-order valence-electron chi connectivity index (χ1n) is 7.16. The fourth-order valence-electron chi connectivity index (χ4n) is 2.60. The van der Waals surface area contributed by atoms with Crippen molar-refractivity contribution in [3.8, 4) is 10.7 Å². The molecule has 1 atom stereocenters. The molecular formula is C17H13ClN2OS2. The van der Waals surface area contributed by atoms with Crippen molar-refractivity contribution in [2.45, 2.75) is 12.5 Å². The third kappa shape index (κ3) is 2.74. The molecule has 0 aliphatic heterocycles.